The van der Waals surface area contributed by atoms with E-state index in [1.807, 2.05) is 7.05 Å². The lowest BCUT2D eigenvalue weighted by atomic mass is 9.96. The first-order chi connectivity index (χ1) is 13.6. The molecule has 3 saturated heterocycles. The van der Waals surface area contributed by atoms with Gasteiger partial charge < -0.3 is 20.1 Å². The van der Waals surface area contributed by atoms with Crippen molar-refractivity contribution in [2.75, 3.05) is 20.1 Å². The molecule has 6 nitrogen and oxygen atoms in total. The highest BCUT2D eigenvalue weighted by molar-refractivity contribution is 14.0. The lowest BCUT2D eigenvalue weighted by Gasteiger charge is -2.35. The SMILES string of the molecule is CN=C(NCc1ccccc1CN1CC(C)OC(C)C1)NC1CC2CCC1O2.I. The van der Waals surface area contributed by atoms with E-state index in [1.165, 1.54) is 24.0 Å². The summed E-state index contributed by atoms with van der Waals surface area (Å²) in [5.41, 5.74) is 2.69. The van der Waals surface area contributed by atoms with E-state index in [0.717, 1.165) is 38.6 Å². The van der Waals surface area contributed by atoms with Gasteiger partial charge in [0.2, 0.25) is 0 Å². The highest BCUT2D eigenvalue weighted by atomic mass is 127. The van der Waals surface area contributed by atoms with Crippen molar-refractivity contribution in [3.05, 3.63) is 35.4 Å². The van der Waals surface area contributed by atoms with Crippen LogP contribution in [0.1, 0.15) is 44.2 Å². The number of nitrogens with zero attached hydrogens (tertiary/aromatic N) is 2. The highest BCUT2D eigenvalue weighted by Gasteiger charge is 2.41. The van der Waals surface area contributed by atoms with Crippen molar-refractivity contribution in [1.82, 2.24) is 15.5 Å². The van der Waals surface area contributed by atoms with Gasteiger partial charge >= 0.3 is 0 Å². The van der Waals surface area contributed by atoms with Crippen LogP contribution in [0.5, 0.6) is 0 Å². The molecule has 3 aliphatic rings. The third-order valence-corrected chi connectivity index (χ3v) is 6.11. The van der Waals surface area contributed by atoms with Crippen molar-refractivity contribution in [2.24, 2.45) is 4.99 Å². The first kappa shape index (κ1) is 22.8. The van der Waals surface area contributed by atoms with Crippen LogP contribution < -0.4 is 10.6 Å². The van der Waals surface area contributed by atoms with Crippen molar-refractivity contribution in [1.29, 1.82) is 0 Å². The highest BCUT2D eigenvalue weighted by Crippen LogP contribution is 2.34. The Balaban J connectivity index is 0.00000240. The molecule has 2 bridgehead atoms. The minimum Gasteiger partial charge on any atom is -0.373 e. The van der Waals surface area contributed by atoms with E-state index in [9.17, 15) is 0 Å². The van der Waals surface area contributed by atoms with Crippen molar-refractivity contribution in [2.45, 2.75) is 76.7 Å². The topological polar surface area (TPSA) is 58.1 Å². The van der Waals surface area contributed by atoms with Gasteiger partial charge in [-0.05, 0) is 44.2 Å². The van der Waals surface area contributed by atoms with Crippen molar-refractivity contribution >= 4 is 29.9 Å². The molecule has 3 aliphatic heterocycles. The van der Waals surface area contributed by atoms with Crippen molar-refractivity contribution in [3.8, 4) is 0 Å². The van der Waals surface area contributed by atoms with E-state index >= 15 is 0 Å². The summed E-state index contributed by atoms with van der Waals surface area (Å²) >= 11 is 0. The molecule has 0 radical (unpaired) electrons. The molecule has 0 aliphatic carbocycles. The molecule has 5 atom stereocenters. The summed E-state index contributed by atoms with van der Waals surface area (Å²) in [4.78, 5) is 6.92. The van der Waals surface area contributed by atoms with Crippen LogP contribution >= 0.6 is 24.0 Å². The number of morpholine rings is 1. The summed E-state index contributed by atoms with van der Waals surface area (Å²) in [7, 11) is 1.84. The maximum absolute atomic E-state index is 5.95. The zero-order chi connectivity index (χ0) is 19.5. The van der Waals surface area contributed by atoms with Gasteiger partial charge in [0, 0.05) is 33.2 Å². The van der Waals surface area contributed by atoms with Gasteiger partial charge in [-0.25, -0.2) is 0 Å². The number of rotatable bonds is 5. The fourth-order valence-corrected chi connectivity index (χ4v) is 4.88. The van der Waals surface area contributed by atoms with Crippen molar-refractivity contribution in [3.63, 3.8) is 0 Å². The van der Waals surface area contributed by atoms with E-state index in [2.05, 4.69) is 58.6 Å². The first-order valence-corrected chi connectivity index (χ1v) is 10.7. The Morgan fingerprint density at radius 1 is 1.10 bits per heavy atom. The Morgan fingerprint density at radius 3 is 2.45 bits per heavy atom. The summed E-state index contributed by atoms with van der Waals surface area (Å²) in [5, 5.41) is 7.07. The molecule has 2 N–H and O–H groups in total. The van der Waals surface area contributed by atoms with E-state index < -0.39 is 0 Å². The Kier molecular flexibility index (Phi) is 8.18. The molecule has 1 aromatic rings. The quantitative estimate of drug-likeness (QED) is 0.360. The average Bonchev–Trinajstić information content (AvgIpc) is 3.28. The smallest absolute Gasteiger partial charge is 0.191 e. The van der Waals surface area contributed by atoms with Crippen LogP contribution in [-0.2, 0) is 22.6 Å². The van der Waals surface area contributed by atoms with Crippen LogP contribution in [0.25, 0.3) is 0 Å². The van der Waals surface area contributed by atoms with Gasteiger partial charge in [0.25, 0.3) is 0 Å². The third kappa shape index (κ3) is 5.83. The Morgan fingerprint density at radius 2 is 1.83 bits per heavy atom. The summed E-state index contributed by atoms with van der Waals surface area (Å²) in [6, 6.07) is 9.08. The second kappa shape index (κ2) is 10.4. The van der Waals surface area contributed by atoms with Gasteiger partial charge in [0.15, 0.2) is 5.96 Å². The van der Waals surface area contributed by atoms with Gasteiger partial charge in [0.05, 0.1) is 30.5 Å². The minimum absolute atomic E-state index is 0. The minimum atomic E-state index is 0. The van der Waals surface area contributed by atoms with Gasteiger partial charge in [-0.15, -0.1) is 24.0 Å². The molecule has 0 saturated carbocycles. The van der Waals surface area contributed by atoms with Crippen LogP contribution in [0, 0.1) is 0 Å². The monoisotopic (exact) mass is 514 g/mol. The molecule has 7 heteroatoms. The largest absolute Gasteiger partial charge is 0.373 e. The zero-order valence-corrected chi connectivity index (χ0v) is 20.1. The number of halogens is 1. The molecule has 0 aromatic heterocycles. The number of nitrogens with one attached hydrogen (secondary N) is 2. The second-order valence-corrected chi connectivity index (χ2v) is 8.51. The molecular formula is C22H35IN4O2. The predicted octanol–water partition coefficient (Wildman–Crippen LogP) is 2.90. The summed E-state index contributed by atoms with van der Waals surface area (Å²) in [6.45, 7) is 8.02. The standard InChI is InChI=1S/C22H34N4O2.HI/c1-15-12-26(13-16(2)27-15)14-18-7-5-4-6-17(18)11-24-22(23-3)25-20-10-19-8-9-21(20)28-19;/h4-7,15-16,19-21H,8-14H2,1-3H3,(H2,23,24,25);1H. The predicted molar refractivity (Wildman–Crippen MR) is 127 cm³/mol. The summed E-state index contributed by atoms with van der Waals surface area (Å²) in [5.74, 6) is 0.865. The number of benzene rings is 1. The van der Waals surface area contributed by atoms with Gasteiger partial charge in [-0.1, -0.05) is 24.3 Å². The molecule has 4 rings (SSSR count). The molecule has 0 spiro atoms. The van der Waals surface area contributed by atoms with Crippen LogP contribution in [0.4, 0.5) is 0 Å². The lowest BCUT2D eigenvalue weighted by Crippen LogP contribution is -2.47. The van der Waals surface area contributed by atoms with Crippen LogP contribution in [0.2, 0.25) is 0 Å². The molecule has 5 unspecified atom stereocenters. The third-order valence-electron chi connectivity index (χ3n) is 6.11. The maximum atomic E-state index is 5.95. The Bertz CT molecular complexity index is 691. The number of aliphatic imine (C=N–C) groups is 1. The molecule has 29 heavy (non-hydrogen) atoms. The molecule has 162 valence electrons. The van der Waals surface area contributed by atoms with E-state index in [4.69, 9.17) is 9.47 Å². The first-order valence-electron chi connectivity index (χ1n) is 10.7. The number of fused-ring (bicyclic) bond motifs is 2. The van der Waals surface area contributed by atoms with Crippen molar-refractivity contribution < 1.29 is 9.47 Å². The number of ether oxygens (including phenoxy) is 2. The van der Waals surface area contributed by atoms with E-state index in [1.54, 1.807) is 0 Å². The fourth-order valence-electron chi connectivity index (χ4n) is 4.88. The number of hydrogen-bond donors (Lipinski definition) is 2. The normalized spacial score (nSPS) is 32.1. The second-order valence-electron chi connectivity index (χ2n) is 8.51. The van der Waals surface area contributed by atoms with Crippen LogP contribution in [0.15, 0.2) is 29.3 Å². The van der Waals surface area contributed by atoms with Gasteiger partial charge in [0.1, 0.15) is 0 Å². The van der Waals surface area contributed by atoms with Crippen LogP contribution in [0.3, 0.4) is 0 Å². The molecular weight excluding hydrogens is 479 g/mol. The Hall–Kier alpha value is -0.900. The van der Waals surface area contributed by atoms with Gasteiger partial charge in [-0.2, -0.15) is 0 Å². The summed E-state index contributed by atoms with van der Waals surface area (Å²) in [6.07, 6.45) is 4.84. The molecule has 1 aromatic carbocycles. The van der Waals surface area contributed by atoms with Crippen LogP contribution in [-0.4, -0.2) is 61.5 Å². The Labute approximate surface area is 191 Å². The maximum Gasteiger partial charge on any atom is 0.191 e. The fraction of sp³-hybridized carbons (Fsp3) is 0.682. The molecule has 0 amide bonds. The van der Waals surface area contributed by atoms with Gasteiger partial charge in [-0.3, -0.25) is 9.89 Å². The lowest BCUT2D eigenvalue weighted by molar-refractivity contribution is -0.0705. The number of guanidine groups is 1. The zero-order valence-electron chi connectivity index (χ0n) is 17.8. The number of hydrogen-bond acceptors (Lipinski definition) is 4. The van der Waals surface area contributed by atoms with E-state index in [0.29, 0.717) is 30.5 Å². The molecule has 3 heterocycles. The van der Waals surface area contributed by atoms with E-state index in [-0.39, 0.29) is 24.0 Å². The summed E-state index contributed by atoms with van der Waals surface area (Å²) < 4.78 is 11.8. The average molecular weight is 514 g/mol. The molecule has 3 fully saturated rings.